The van der Waals surface area contributed by atoms with E-state index >= 15 is 0 Å². The molecule has 1 aliphatic heterocycles. The highest BCUT2D eigenvalue weighted by Crippen LogP contribution is 2.22. The van der Waals surface area contributed by atoms with Crippen LogP contribution in [0, 0.1) is 0 Å². The van der Waals surface area contributed by atoms with E-state index in [4.69, 9.17) is 4.42 Å². The average Bonchev–Trinajstić information content (AvgIpc) is 3.22. The van der Waals surface area contributed by atoms with Gasteiger partial charge in [0.1, 0.15) is 11.6 Å². The summed E-state index contributed by atoms with van der Waals surface area (Å²) in [5, 5.41) is 15.1. The molecule has 0 aromatic carbocycles. The van der Waals surface area contributed by atoms with Crippen LogP contribution in [0.5, 0.6) is 0 Å². The van der Waals surface area contributed by atoms with Gasteiger partial charge in [-0.05, 0) is 12.8 Å². The first-order valence-electron chi connectivity index (χ1n) is 8.78. The number of oxazole rings is 1. The minimum atomic E-state index is -0.0437. The Balaban J connectivity index is 0.00000243. The van der Waals surface area contributed by atoms with E-state index in [0.29, 0.717) is 24.9 Å². The summed E-state index contributed by atoms with van der Waals surface area (Å²) in [6.45, 7) is 8.37. The molecule has 0 saturated carbocycles. The van der Waals surface area contributed by atoms with Crippen LogP contribution in [0.2, 0.25) is 0 Å². The molecule has 0 spiro atoms. The van der Waals surface area contributed by atoms with Crippen molar-refractivity contribution in [2.75, 3.05) is 7.05 Å². The zero-order valence-corrected chi connectivity index (χ0v) is 18.2. The quantitative estimate of drug-likeness (QED) is 0.403. The Hall–Kier alpha value is -1.65. The molecule has 0 saturated heterocycles. The molecule has 144 valence electrons. The number of aromatic nitrogens is 4. The number of aliphatic imine (C=N–C) groups is 1. The summed E-state index contributed by atoms with van der Waals surface area (Å²) < 4.78 is 7.99. The molecule has 0 atom stereocenters. The molecule has 9 heteroatoms. The van der Waals surface area contributed by atoms with E-state index in [1.807, 2.05) is 0 Å². The second kappa shape index (κ2) is 8.83. The van der Waals surface area contributed by atoms with Crippen LogP contribution in [-0.4, -0.2) is 32.8 Å². The lowest BCUT2D eigenvalue weighted by Gasteiger charge is -2.16. The van der Waals surface area contributed by atoms with Gasteiger partial charge >= 0.3 is 0 Å². The number of nitrogens with one attached hydrogen (secondary N) is 2. The lowest BCUT2D eigenvalue weighted by Crippen LogP contribution is -2.37. The molecule has 0 amide bonds. The van der Waals surface area contributed by atoms with Crippen LogP contribution in [0.25, 0.3) is 0 Å². The standard InChI is InChI=1S/C17H27N7O.HI/c1-17(2,3)12-9-19-15(25-12)11-21-16(18-4)20-10-14-23-22-13-7-5-6-8-24(13)14;/h9H,5-8,10-11H2,1-4H3,(H2,18,20,21);1H. The molecule has 3 heterocycles. The van der Waals surface area contributed by atoms with Gasteiger partial charge in [-0.15, -0.1) is 34.2 Å². The third-order valence-electron chi connectivity index (χ3n) is 4.27. The van der Waals surface area contributed by atoms with Crippen LogP contribution in [0.15, 0.2) is 15.6 Å². The fraction of sp³-hybridized carbons (Fsp3) is 0.647. The van der Waals surface area contributed by atoms with Crippen molar-refractivity contribution in [2.45, 2.75) is 65.1 Å². The lowest BCUT2D eigenvalue weighted by atomic mass is 9.94. The Labute approximate surface area is 171 Å². The van der Waals surface area contributed by atoms with Gasteiger partial charge in [-0.1, -0.05) is 20.8 Å². The predicted octanol–water partition coefficient (Wildman–Crippen LogP) is 2.38. The summed E-state index contributed by atoms with van der Waals surface area (Å²) in [6, 6.07) is 0. The highest BCUT2D eigenvalue weighted by molar-refractivity contribution is 14.0. The average molecular weight is 473 g/mol. The van der Waals surface area contributed by atoms with Crippen LogP contribution in [0.3, 0.4) is 0 Å². The Morgan fingerprint density at radius 2 is 2.00 bits per heavy atom. The van der Waals surface area contributed by atoms with Crippen molar-refractivity contribution in [1.82, 2.24) is 30.4 Å². The van der Waals surface area contributed by atoms with Gasteiger partial charge in [0.15, 0.2) is 11.8 Å². The van der Waals surface area contributed by atoms with Crippen molar-refractivity contribution < 1.29 is 4.42 Å². The Morgan fingerprint density at radius 1 is 1.23 bits per heavy atom. The maximum atomic E-state index is 5.78. The van der Waals surface area contributed by atoms with Gasteiger partial charge in [0, 0.05) is 25.4 Å². The van der Waals surface area contributed by atoms with Crippen LogP contribution >= 0.6 is 24.0 Å². The summed E-state index contributed by atoms with van der Waals surface area (Å²) in [6.07, 6.45) is 5.18. The van der Waals surface area contributed by atoms with Crippen LogP contribution in [0.4, 0.5) is 0 Å². The first-order chi connectivity index (χ1) is 12.0. The summed E-state index contributed by atoms with van der Waals surface area (Å²) >= 11 is 0. The Kier molecular flexibility index (Phi) is 7.01. The van der Waals surface area contributed by atoms with Gasteiger partial charge in [-0.25, -0.2) is 4.98 Å². The van der Waals surface area contributed by atoms with Crippen molar-refractivity contribution in [3.8, 4) is 0 Å². The molecule has 0 unspecified atom stereocenters. The van der Waals surface area contributed by atoms with Crippen molar-refractivity contribution in [3.63, 3.8) is 0 Å². The molecule has 0 fully saturated rings. The van der Waals surface area contributed by atoms with E-state index in [1.165, 1.54) is 12.8 Å². The zero-order valence-electron chi connectivity index (χ0n) is 15.9. The van der Waals surface area contributed by atoms with Gasteiger partial charge in [0.25, 0.3) is 0 Å². The fourth-order valence-electron chi connectivity index (χ4n) is 2.78. The van der Waals surface area contributed by atoms with Crippen LogP contribution in [0.1, 0.15) is 56.9 Å². The number of halogens is 1. The van der Waals surface area contributed by atoms with E-state index in [1.54, 1.807) is 13.2 Å². The molecule has 1 aliphatic rings. The lowest BCUT2D eigenvalue weighted by molar-refractivity contribution is 0.379. The smallest absolute Gasteiger partial charge is 0.213 e. The van der Waals surface area contributed by atoms with E-state index in [-0.39, 0.29) is 29.4 Å². The molecular weight excluding hydrogens is 445 g/mol. The SMILES string of the molecule is CN=C(NCc1ncc(C(C)(C)C)o1)NCc1nnc2n1CCCC2.I. The monoisotopic (exact) mass is 473 g/mol. The first-order valence-corrected chi connectivity index (χ1v) is 8.78. The molecule has 0 aliphatic carbocycles. The third kappa shape index (κ3) is 4.95. The maximum Gasteiger partial charge on any atom is 0.213 e. The predicted molar refractivity (Wildman–Crippen MR) is 111 cm³/mol. The van der Waals surface area contributed by atoms with Crippen molar-refractivity contribution in [1.29, 1.82) is 0 Å². The van der Waals surface area contributed by atoms with Crippen molar-refractivity contribution >= 4 is 29.9 Å². The summed E-state index contributed by atoms with van der Waals surface area (Å²) in [5.74, 6) is 4.24. The number of fused-ring (bicyclic) bond motifs is 1. The molecule has 26 heavy (non-hydrogen) atoms. The van der Waals surface area contributed by atoms with E-state index < -0.39 is 0 Å². The van der Waals surface area contributed by atoms with Gasteiger partial charge in [0.05, 0.1) is 19.3 Å². The minimum Gasteiger partial charge on any atom is -0.443 e. The number of hydrogen-bond acceptors (Lipinski definition) is 5. The second-order valence-electron chi connectivity index (χ2n) is 7.29. The highest BCUT2D eigenvalue weighted by Gasteiger charge is 2.19. The Bertz CT molecular complexity index is 745. The molecule has 2 aromatic rings. The largest absolute Gasteiger partial charge is 0.443 e. The van der Waals surface area contributed by atoms with Gasteiger partial charge < -0.3 is 19.6 Å². The minimum absolute atomic E-state index is 0. The third-order valence-corrected chi connectivity index (χ3v) is 4.27. The van der Waals surface area contributed by atoms with Crippen LogP contribution in [-0.2, 0) is 31.5 Å². The summed E-state index contributed by atoms with van der Waals surface area (Å²) in [4.78, 5) is 8.56. The number of rotatable bonds is 4. The second-order valence-corrected chi connectivity index (χ2v) is 7.29. The molecule has 2 N–H and O–H groups in total. The number of guanidine groups is 1. The zero-order chi connectivity index (χ0) is 17.9. The normalized spacial score (nSPS) is 14.5. The summed E-state index contributed by atoms with van der Waals surface area (Å²) in [7, 11) is 1.74. The molecule has 0 bridgehead atoms. The number of aryl methyl sites for hydroxylation is 1. The summed E-state index contributed by atoms with van der Waals surface area (Å²) in [5.41, 5.74) is -0.0437. The van der Waals surface area contributed by atoms with Crippen molar-refractivity contribution in [3.05, 3.63) is 29.5 Å². The number of nitrogens with zero attached hydrogens (tertiary/aromatic N) is 5. The van der Waals surface area contributed by atoms with Crippen molar-refractivity contribution in [2.24, 2.45) is 4.99 Å². The molecule has 3 rings (SSSR count). The first kappa shape index (κ1) is 20.7. The molecule has 2 aromatic heterocycles. The van der Waals surface area contributed by atoms with E-state index in [0.717, 1.165) is 30.4 Å². The van der Waals surface area contributed by atoms with Gasteiger partial charge in [-0.3, -0.25) is 4.99 Å². The maximum absolute atomic E-state index is 5.78. The van der Waals surface area contributed by atoms with Crippen LogP contribution < -0.4 is 10.6 Å². The highest BCUT2D eigenvalue weighted by atomic mass is 127. The van der Waals surface area contributed by atoms with Gasteiger partial charge in [-0.2, -0.15) is 0 Å². The van der Waals surface area contributed by atoms with E-state index in [2.05, 4.69) is 56.1 Å². The number of hydrogen-bond donors (Lipinski definition) is 2. The molecule has 8 nitrogen and oxygen atoms in total. The molecule has 0 radical (unpaired) electrons. The Morgan fingerprint density at radius 3 is 2.69 bits per heavy atom. The fourth-order valence-corrected chi connectivity index (χ4v) is 2.78. The van der Waals surface area contributed by atoms with Gasteiger partial charge in [0.2, 0.25) is 5.89 Å². The van der Waals surface area contributed by atoms with E-state index in [9.17, 15) is 0 Å². The molecular formula is C17H28IN7O. The topological polar surface area (TPSA) is 93.2 Å².